The van der Waals surface area contributed by atoms with Crippen molar-refractivity contribution in [1.29, 1.82) is 0 Å². The van der Waals surface area contributed by atoms with Crippen LogP contribution < -0.4 is 5.43 Å². The Morgan fingerprint density at radius 2 is 2.00 bits per heavy atom. The number of nitrogens with zero attached hydrogens (tertiary/aromatic N) is 1. The van der Waals surface area contributed by atoms with Crippen molar-refractivity contribution in [3.8, 4) is 12.3 Å². The predicted octanol–water partition coefficient (Wildman–Crippen LogP) is 1.77. The van der Waals surface area contributed by atoms with Crippen LogP contribution in [-0.2, 0) is 4.74 Å². The Labute approximate surface area is 97.3 Å². The fourth-order valence-corrected chi connectivity index (χ4v) is 1.59. The van der Waals surface area contributed by atoms with E-state index >= 15 is 0 Å². The Morgan fingerprint density at radius 1 is 1.44 bits per heavy atom. The highest BCUT2D eigenvalue weighted by Crippen LogP contribution is 2.14. The topological polar surface area (TPSA) is 41.6 Å². The van der Waals surface area contributed by atoms with Gasteiger partial charge in [-0.2, -0.15) is 0 Å². The monoisotopic (exact) mass is 224 g/mol. The maximum Gasteiger partial charge on any atom is 0.422 e. The van der Waals surface area contributed by atoms with Crippen LogP contribution in [0.4, 0.5) is 4.79 Å². The number of hydrogen-bond acceptors (Lipinski definition) is 3. The lowest BCUT2D eigenvalue weighted by molar-refractivity contribution is 0.0281. The van der Waals surface area contributed by atoms with Crippen LogP contribution in [0.5, 0.6) is 0 Å². The van der Waals surface area contributed by atoms with E-state index in [1.807, 2.05) is 25.8 Å². The third-order valence-electron chi connectivity index (χ3n) is 2.38. The molecule has 90 valence electrons. The molecule has 1 aliphatic heterocycles. The first-order chi connectivity index (χ1) is 7.40. The Hall–Kier alpha value is -1.21. The molecule has 0 bridgehead atoms. The van der Waals surface area contributed by atoms with E-state index < -0.39 is 11.7 Å². The Morgan fingerprint density at radius 3 is 2.44 bits per heavy atom. The number of carbonyl (C=O) groups excluding carboxylic acids is 1. The highest BCUT2D eigenvalue weighted by Gasteiger charge is 2.21. The summed E-state index contributed by atoms with van der Waals surface area (Å²) >= 11 is 0. The Balaban J connectivity index is 2.29. The number of hydrazine groups is 1. The standard InChI is InChI=1S/C12H20N2O2/c1-5-10-6-8-14(9-7-10)13-11(15)16-12(2,3)4/h1,10H,6-9H2,2-4H3,(H,13,15). The number of ether oxygens (including phenoxy) is 1. The first-order valence-corrected chi connectivity index (χ1v) is 5.61. The zero-order valence-electron chi connectivity index (χ0n) is 10.2. The van der Waals surface area contributed by atoms with Gasteiger partial charge in [0, 0.05) is 19.0 Å². The van der Waals surface area contributed by atoms with Crippen molar-refractivity contribution in [2.75, 3.05) is 13.1 Å². The highest BCUT2D eigenvalue weighted by atomic mass is 16.6. The van der Waals surface area contributed by atoms with Crippen LogP contribution in [0.15, 0.2) is 0 Å². The van der Waals surface area contributed by atoms with E-state index in [4.69, 9.17) is 11.2 Å². The Kier molecular flexibility index (Phi) is 4.19. The number of nitrogens with one attached hydrogen (secondary N) is 1. The molecule has 4 heteroatoms. The molecular weight excluding hydrogens is 204 g/mol. The molecule has 0 aliphatic carbocycles. The second kappa shape index (κ2) is 5.22. The lowest BCUT2D eigenvalue weighted by atomic mass is 9.99. The van der Waals surface area contributed by atoms with Crippen molar-refractivity contribution in [3.05, 3.63) is 0 Å². The summed E-state index contributed by atoms with van der Waals surface area (Å²) in [5.74, 6) is 3.09. The van der Waals surface area contributed by atoms with Gasteiger partial charge in [0.05, 0.1) is 0 Å². The molecule has 0 unspecified atom stereocenters. The summed E-state index contributed by atoms with van der Waals surface area (Å²) in [5, 5.41) is 1.86. The summed E-state index contributed by atoms with van der Waals surface area (Å²) in [6, 6.07) is 0. The van der Waals surface area contributed by atoms with Crippen molar-refractivity contribution >= 4 is 6.09 Å². The molecule has 0 aromatic rings. The first-order valence-electron chi connectivity index (χ1n) is 5.61. The minimum atomic E-state index is -0.457. The number of rotatable bonds is 1. The van der Waals surface area contributed by atoms with Gasteiger partial charge in [-0.25, -0.2) is 9.80 Å². The summed E-state index contributed by atoms with van der Waals surface area (Å²) in [4.78, 5) is 11.5. The van der Waals surface area contributed by atoms with E-state index in [1.54, 1.807) is 0 Å². The molecule has 0 aromatic heterocycles. The van der Waals surface area contributed by atoms with Crippen LogP contribution >= 0.6 is 0 Å². The molecule has 0 saturated carbocycles. The van der Waals surface area contributed by atoms with Gasteiger partial charge in [-0.1, -0.05) is 0 Å². The SMILES string of the molecule is C#CC1CCN(NC(=O)OC(C)(C)C)CC1. The molecule has 1 saturated heterocycles. The van der Waals surface area contributed by atoms with Crippen LogP contribution in [0.2, 0.25) is 0 Å². The van der Waals surface area contributed by atoms with Gasteiger partial charge in [-0.15, -0.1) is 12.3 Å². The van der Waals surface area contributed by atoms with Crippen molar-refractivity contribution in [3.63, 3.8) is 0 Å². The molecule has 1 heterocycles. The molecular formula is C12H20N2O2. The van der Waals surface area contributed by atoms with E-state index in [9.17, 15) is 4.79 Å². The van der Waals surface area contributed by atoms with Gasteiger partial charge in [-0.05, 0) is 33.6 Å². The lowest BCUT2D eigenvalue weighted by Crippen LogP contribution is -2.48. The van der Waals surface area contributed by atoms with Crippen LogP contribution in [0.1, 0.15) is 33.6 Å². The fourth-order valence-electron chi connectivity index (χ4n) is 1.59. The van der Waals surface area contributed by atoms with E-state index in [0.717, 1.165) is 25.9 Å². The minimum absolute atomic E-state index is 0.344. The molecule has 1 aliphatic rings. The predicted molar refractivity (Wildman–Crippen MR) is 62.5 cm³/mol. The maximum atomic E-state index is 11.5. The lowest BCUT2D eigenvalue weighted by Gasteiger charge is -2.30. The number of hydrogen-bond donors (Lipinski definition) is 1. The summed E-state index contributed by atoms with van der Waals surface area (Å²) in [7, 11) is 0. The highest BCUT2D eigenvalue weighted by molar-refractivity contribution is 5.67. The molecule has 0 spiro atoms. The van der Waals surface area contributed by atoms with Gasteiger partial charge >= 0.3 is 6.09 Å². The van der Waals surface area contributed by atoms with Gasteiger partial charge in [0.2, 0.25) is 0 Å². The third-order valence-corrected chi connectivity index (χ3v) is 2.38. The second-order valence-electron chi connectivity index (χ2n) is 5.04. The number of amides is 1. The van der Waals surface area contributed by atoms with Crippen LogP contribution in [0, 0.1) is 18.3 Å². The molecule has 1 amide bonds. The van der Waals surface area contributed by atoms with Gasteiger partial charge in [-0.3, -0.25) is 5.43 Å². The van der Waals surface area contributed by atoms with E-state index in [1.165, 1.54) is 0 Å². The van der Waals surface area contributed by atoms with Crippen molar-refractivity contribution in [2.45, 2.75) is 39.2 Å². The van der Waals surface area contributed by atoms with Crippen LogP contribution in [0.3, 0.4) is 0 Å². The third kappa shape index (κ3) is 4.54. The maximum absolute atomic E-state index is 11.5. The van der Waals surface area contributed by atoms with Crippen LogP contribution in [-0.4, -0.2) is 29.8 Å². The second-order valence-corrected chi connectivity index (χ2v) is 5.04. The van der Waals surface area contributed by atoms with Crippen molar-refractivity contribution in [1.82, 2.24) is 10.4 Å². The molecule has 16 heavy (non-hydrogen) atoms. The average molecular weight is 224 g/mol. The zero-order valence-corrected chi connectivity index (χ0v) is 10.2. The molecule has 4 nitrogen and oxygen atoms in total. The minimum Gasteiger partial charge on any atom is -0.443 e. The number of terminal acetylenes is 1. The van der Waals surface area contributed by atoms with Crippen molar-refractivity contribution in [2.24, 2.45) is 5.92 Å². The fraction of sp³-hybridized carbons (Fsp3) is 0.750. The largest absolute Gasteiger partial charge is 0.443 e. The molecule has 1 N–H and O–H groups in total. The number of carbonyl (C=O) groups is 1. The molecule has 0 atom stereocenters. The quantitative estimate of drug-likeness (QED) is 0.690. The summed E-state index contributed by atoms with van der Waals surface area (Å²) in [6.45, 7) is 7.10. The van der Waals surface area contributed by atoms with E-state index in [2.05, 4.69) is 11.3 Å². The smallest absolute Gasteiger partial charge is 0.422 e. The normalized spacial score (nSPS) is 18.9. The number of piperidine rings is 1. The molecule has 1 rings (SSSR count). The van der Waals surface area contributed by atoms with E-state index in [0.29, 0.717) is 5.92 Å². The summed E-state index contributed by atoms with van der Waals surface area (Å²) in [5.41, 5.74) is 2.27. The molecule has 1 fully saturated rings. The Bertz CT molecular complexity index is 280. The van der Waals surface area contributed by atoms with Crippen LogP contribution in [0.25, 0.3) is 0 Å². The zero-order chi connectivity index (χ0) is 12.2. The molecule has 0 aromatic carbocycles. The summed E-state index contributed by atoms with van der Waals surface area (Å²) < 4.78 is 5.16. The van der Waals surface area contributed by atoms with Gasteiger partial charge in [0.1, 0.15) is 5.60 Å². The summed E-state index contributed by atoms with van der Waals surface area (Å²) in [6.07, 6.45) is 6.80. The first kappa shape index (κ1) is 12.9. The average Bonchev–Trinajstić information content (AvgIpc) is 2.16. The van der Waals surface area contributed by atoms with Gasteiger partial charge in [0.15, 0.2) is 0 Å². The van der Waals surface area contributed by atoms with Gasteiger partial charge in [0.25, 0.3) is 0 Å². The van der Waals surface area contributed by atoms with Gasteiger partial charge < -0.3 is 4.74 Å². The van der Waals surface area contributed by atoms with Crippen molar-refractivity contribution < 1.29 is 9.53 Å². The molecule has 0 radical (unpaired) electrons. The van der Waals surface area contributed by atoms with E-state index in [-0.39, 0.29) is 0 Å².